The minimum absolute atomic E-state index is 0.0766. The van der Waals surface area contributed by atoms with E-state index < -0.39 is 0 Å². The van der Waals surface area contributed by atoms with Crippen molar-refractivity contribution in [1.29, 1.82) is 10.7 Å². The lowest BCUT2D eigenvalue weighted by Crippen LogP contribution is -2.29. The number of nitrogens with zero attached hydrogens (tertiary/aromatic N) is 5. The number of aromatic nitrogens is 3. The molecule has 1 atom stereocenters. The highest BCUT2D eigenvalue weighted by atomic mass is 32.1. The predicted octanol–water partition coefficient (Wildman–Crippen LogP) is 3.40. The fourth-order valence-electron chi connectivity index (χ4n) is 4.66. The topological polar surface area (TPSA) is 148 Å². The first-order chi connectivity index (χ1) is 16.0. The van der Waals surface area contributed by atoms with Crippen LogP contribution in [0, 0.1) is 16.7 Å². The van der Waals surface area contributed by atoms with Crippen molar-refractivity contribution in [3.63, 3.8) is 0 Å². The molecule has 174 valence electrons. The molecule has 2 aromatic heterocycles. The van der Waals surface area contributed by atoms with Crippen LogP contribution in [0.3, 0.4) is 0 Å². The highest BCUT2D eigenvalue weighted by Gasteiger charge is 2.33. The number of anilines is 2. The molecule has 0 spiro atoms. The Morgan fingerprint density at radius 3 is 3.00 bits per heavy atom. The third kappa shape index (κ3) is 4.70. The fraction of sp³-hybridized carbons (Fsp3) is 0.522. The summed E-state index contributed by atoms with van der Waals surface area (Å²) < 4.78 is 0. The average Bonchev–Trinajstić information content (AvgIpc) is 2.99. The Balaban J connectivity index is 1.70. The van der Waals surface area contributed by atoms with Gasteiger partial charge in [0.05, 0.1) is 5.56 Å². The number of aliphatic hydroxyl groups is 1. The van der Waals surface area contributed by atoms with Crippen molar-refractivity contribution < 1.29 is 5.11 Å². The van der Waals surface area contributed by atoms with Crippen LogP contribution in [0.1, 0.15) is 66.8 Å². The van der Waals surface area contributed by atoms with E-state index >= 15 is 0 Å². The molecule has 2 aromatic rings. The first-order valence-electron chi connectivity index (χ1n) is 11.5. The maximum absolute atomic E-state index is 11.2. The number of allylic oxidation sites excluding steroid dienone is 1. The Labute approximate surface area is 197 Å². The molecule has 1 aliphatic carbocycles. The molecule has 3 heterocycles. The molecule has 0 radical (unpaired) electrons. The van der Waals surface area contributed by atoms with Gasteiger partial charge >= 0.3 is 0 Å². The minimum Gasteiger partial charge on any atom is -0.504 e. The molecule has 0 saturated carbocycles. The number of rotatable bonds is 6. The van der Waals surface area contributed by atoms with Crippen molar-refractivity contribution in [2.45, 2.75) is 51.4 Å². The summed E-state index contributed by atoms with van der Waals surface area (Å²) >= 11 is 1.45. The van der Waals surface area contributed by atoms with E-state index in [9.17, 15) is 10.4 Å². The van der Waals surface area contributed by atoms with E-state index in [-0.39, 0.29) is 17.5 Å². The molecule has 1 fully saturated rings. The lowest BCUT2D eigenvalue weighted by Gasteiger charge is -2.26. The van der Waals surface area contributed by atoms with Gasteiger partial charge in [0.1, 0.15) is 17.4 Å². The Kier molecular flexibility index (Phi) is 7.20. The van der Waals surface area contributed by atoms with Crippen LogP contribution in [-0.2, 0) is 6.42 Å². The molecular formula is C23H30N8OS. The fourth-order valence-corrected chi connectivity index (χ4v) is 5.78. The Bertz CT molecular complexity index is 1090. The van der Waals surface area contributed by atoms with E-state index in [1.54, 1.807) is 0 Å². The number of nitriles is 1. The van der Waals surface area contributed by atoms with Crippen molar-refractivity contribution in [3.8, 4) is 6.07 Å². The zero-order valence-electron chi connectivity index (χ0n) is 18.9. The molecule has 9 nitrogen and oxygen atoms in total. The van der Waals surface area contributed by atoms with Gasteiger partial charge in [0.25, 0.3) is 0 Å². The van der Waals surface area contributed by atoms with Crippen molar-refractivity contribution >= 4 is 33.8 Å². The van der Waals surface area contributed by atoms with Gasteiger partial charge in [-0.3, -0.25) is 0 Å². The first kappa shape index (κ1) is 23.1. The summed E-state index contributed by atoms with van der Waals surface area (Å²) in [5, 5.41) is 33.8. The van der Waals surface area contributed by atoms with Gasteiger partial charge in [-0.05, 0) is 44.2 Å². The molecule has 2 aliphatic rings. The second-order valence-corrected chi connectivity index (χ2v) is 9.56. The van der Waals surface area contributed by atoms with Crippen LogP contribution in [0.4, 0.5) is 10.9 Å². The average molecular weight is 467 g/mol. The Morgan fingerprint density at radius 1 is 1.36 bits per heavy atom. The lowest BCUT2D eigenvalue weighted by atomic mass is 9.79. The van der Waals surface area contributed by atoms with Gasteiger partial charge in [0.15, 0.2) is 11.6 Å². The van der Waals surface area contributed by atoms with Crippen LogP contribution in [-0.4, -0.2) is 51.9 Å². The number of hydrogen-bond donors (Lipinski definition) is 4. The zero-order valence-corrected chi connectivity index (χ0v) is 19.7. The second-order valence-electron chi connectivity index (χ2n) is 8.43. The van der Waals surface area contributed by atoms with Crippen LogP contribution >= 0.6 is 11.3 Å². The van der Waals surface area contributed by atoms with Gasteiger partial charge in [-0.2, -0.15) is 10.2 Å². The summed E-state index contributed by atoms with van der Waals surface area (Å²) in [6.07, 6.45) is 6.23. The van der Waals surface area contributed by atoms with Crippen molar-refractivity contribution in [2.75, 3.05) is 36.8 Å². The second kappa shape index (κ2) is 10.3. The smallest absolute Gasteiger partial charge is 0.229 e. The maximum Gasteiger partial charge on any atom is 0.229 e. The maximum atomic E-state index is 11.2. The Morgan fingerprint density at radius 2 is 2.21 bits per heavy atom. The molecule has 0 amide bonds. The van der Waals surface area contributed by atoms with Gasteiger partial charge < -0.3 is 26.5 Å². The van der Waals surface area contributed by atoms with Gasteiger partial charge in [0.2, 0.25) is 5.95 Å². The standard InChI is InChI=1S/C23H30N8OS/c1-2-5-15(19(25)14-6-3-7-17-18(14)16(12-24)21(26)33-17)20(32)22-28-13-29-23(30-22)31-10-4-8-27-9-11-31/h13-14,25,27,32H,2-11,26H2,1H3/b20-15-,25-19?/t14-/m0/s1. The number of nitrogen functional groups attached to an aromatic ring is 1. The van der Waals surface area contributed by atoms with Gasteiger partial charge in [-0.1, -0.05) is 13.3 Å². The molecule has 10 heteroatoms. The SMILES string of the molecule is CCC/C(C(=N)[C@H]1CCCc2sc(N)c(C#N)c21)=C(/O)c1ncnc(N2CCCNCC2)n1. The minimum atomic E-state index is -0.265. The summed E-state index contributed by atoms with van der Waals surface area (Å²) in [7, 11) is 0. The monoisotopic (exact) mass is 466 g/mol. The van der Waals surface area contributed by atoms with Crippen LogP contribution < -0.4 is 16.0 Å². The molecule has 5 N–H and O–H groups in total. The predicted molar refractivity (Wildman–Crippen MR) is 131 cm³/mol. The summed E-state index contributed by atoms with van der Waals surface area (Å²) in [6.45, 7) is 5.44. The van der Waals surface area contributed by atoms with Crippen LogP contribution in [0.5, 0.6) is 0 Å². The number of aliphatic hydroxyl groups excluding tert-OH is 1. The van der Waals surface area contributed by atoms with Gasteiger partial charge in [-0.25, -0.2) is 9.97 Å². The van der Waals surface area contributed by atoms with Crippen LogP contribution in [0.25, 0.3) is 5.76 Å². The largest absolute Gasteiger partial charge is 0.504 e. The zero-order chi connectivity index (χ0) is 23.4. The third-order valence-corrected chi connectivity index (χ3v) is 7.35. The first-order valence-corrected chi connectivity index (χ1v) is 12.3. The highest BCUT2D eigenvalue weighted by molar-refractivity contribution is 7.16. The van der Waals surface area contributed by atoms with Crippen molar-refractivity contribution in [2.24, 2.45) is 0 Å². The van der Waals surface area contributed by atoms with Gasteiger partial charge in [-0.15, -0.1) is 11.3 Å². The van der Waals surface area contributed by atoms with Gasteiger partial charge in [0, 0.05) is 41.7 Å². The molecular weight excluding hydrogens is 436 g/mol. The normalized spacial score (nSPS) is 19.3. The Hall–Kier alpha value is -3.03. The van der Waals surface area contributed by atoms with E-state index in [1.165, 1.54) is 17.7 Å². The molecule has 1 aliphatic heterocycles. The summed E-state index contributed by atoms with van der Waals surface area (Å²) in [4.78, 5) is 16.3. The van der Waals surface area contributed by atoms with E-state index in [0.29, 0.717) is 34.2 Å². The van der Waals surface area contributed by atoms with E-state index in [0.717, 1.165) is 68.7 Å². The summed E-state index contributed by atoms with van der Waals surface area (Å²) in [5.41, 5.74) is 8.31. The number of thiophene rings is 1. The van der Waals surface area contributed by atoms with Crippen molar-refractivity contribution in [1.82, 2.24) is 20.3 Å². The number of nitrogens with two attached hydrogens (primary N) is 1. The molecule has 1 saturated heterocycles. The number of aryl methyl sites for hydroxylation is 1. The highest BCUT2D eigenvalue weighted by Crippen LogP contribution is 2.44. The molecule has 33 heavy (non-hydrogen) atoms. The number of hydrogen-bond acceptors (Lipinski definition) is 10. The van der Waals surface area contributed by atoms with Crippen LogP contribution in [0.15, 0.2) is 11.9 Å². The van der Waals surface area contributed by atoms with E-state index in [2.05, 4.69) is 31.2 Å². The third-order valence-electron chi connectivity index (χ3n) is 6.26. The van der Waals surface area contributed by atoms with Crippen LogP contribution in [0.2, 0.25) is 0 Å². The number of nitrogens with one attached hydrogen (secondary N) is 2. The molecule has 0 bridgehead atoms. The molecule has 4 rings (SSSR count). The quantitative estimate of drug-likeness (QED) is 0.374. The lowest BCUT2D eigenvalue weighted by molar-refractivity contribution is 0.497. The molecule has 0 unspecified atom stereocenters. The van der Waals surface area contributed by atoms with E-state index in [1.807, 2.05) is 6.92 Å². The number of fused-ring (bicyclic) bond motifs is 1. The summed E-state index contributed by atoms with van der Waals surface area (Å²) in [6, 6.07) is 2.24. The molecule has 0 aromatic carbocycles. The van der Waals surface area contributed by atoms with E-state index in [4.69, 9.17) is 11.1 Å². The van der Waals surface area contributed by atoms with Crippen molar-refractivity contribution in [3.05, 3.63) is 33.7 Å². The summed E-state index contributed by atoms with van der Waals surface area (Å²) in [5.74, 6) is 0.382.